The van der Waals surface area contributed by atoms with Crippen LogP contribution in [-0.4, -0.2) is 38.4 Å². The van der Waals surface area contributed by atoms with Gasteiger partial charge in [0.05, 0.1) is 18.0 Å². The van der Waals surface area contributed by atoms with Crippen molar-refractivity contribution in [2.24, 2.45) is 5.73 Å². The van der Waals surface area contributed by atoms with E-state index in [1.54, 1.807) is 0 Å². The smallest absolute Gasteiger partial charge is 0.234 e. The second-order valence-corrected chi connectivity index (χ2v) is 4.88. The summed E-state index contributed by atoms with van der Waals surface area (Å²) in [6, 6.07) is 2.83. The fraction of sp³-hybridized carbons (Fsp3) is 0.273. The van der Waals surface area contributed by atoms with Gasteiger partial charge in [-0.1, -0.05) is 11.8 Å². The first-order valence-corrected chi connectivity index (χ1v) is 6.92. The number of carbonyl (C=O) groups excluding carboxylic acids is 1. The topological polar surface area (TPSA) is 98.7 Å². The van der Waals surface area contributed by atoms with Gasteiger partial charge >= 0.3 is 0 Å². The molecular weight excluding hydrogens is 302 g/mol. The zero-order chi connectivity index (χ0) is 15.2. The lowest BCUT2D eigenvalue weighted by atomic mass is 10.3. The predicted molar refractivity (Wildman–Crippen MR) is 72.6 cm³/mol. The number of carbonyl (C=O) groups is 1. The number of thioether (sulfide) groups is 1. The number of halogens is 2. The third kappa shape index (κ3) is 4.20. The van der Waals surface area contributed by atoms with Gasteiger partial charge in [-0.3, -0.25) is 4.79 Å². The highest BCUT2D eigenvalue weighted by molar-refractivity contribution is 7.99. The molecule has 0 atom stereocenters. The summed E-state index contributed by atoms with van der Waals surface area (Å²) in [5, 5.41) is 13.6. The van der Waals surface area contributed by atoms with Crippen molar-refractivity contribution in [3.8, 4) is 0 Å². The highest BCUT2D eigenvalue weighted by atomic mass is 32.2. The number of aromatic nitrogens is 4. The van der Waals surface area contributed by atoms with Crippen molar-refractivity contribution in [3.05, 3.63) is 29.8 Å². The molecule has 21 heavy (non-hydrogen) atoms. The summed E-state index contributed by atoms with van der Waals surface area (Å²) >= 11 is 1.07. The van der Waals surface area contributed by atoms with Crippen molar-refractivity contribution in [2.75, 3.05) is 17.6 Å². The van der Waals surface area contributed by atoms with Crippen LogP contribution in [0.15, 0.2) is 23.4 Å². The van der Waals surface area contributed by atoms with Gasteiger partial charge in [-0.25, -0.2) is 13.5 Å². The molecule has 1 heterocycles. The molecule has 3 N–H and O–H groups in total. The van der Waals surface area contributed by atoms with E-state index >= 15 is 0 Å². The molecule has 0 spiro atoms. The second-order valence-electron chi connectivity index (χ2n) is 3.93. The molecule has 7 nitrogen and oxygen atoms in total. The van der Waals surface area contributed by atoms with Gasteiger partial charge < -0.3 is 11.1 Å². The molecule has 1 aromatic heterocycles. The average molecular weight is 314 g/mol. The largest absolute Gasteiger partial charge is 0.329 e. The van der Waals surface area contributed by atoms with E-state index in [0.29, 0.717) is 18.2 Å². The molecule has 0 aliphatic carbocycles. The normalized spacial score (nSPS) is 10.6. The van der Waals surface area contributed by atoms with Crippen molar-refractivity contribution in [1.82, 2.24) is 20.2 Å². The van der Waals surface area contributed by atoms with Crippen LogP contribution in [0.3, 0.4) is 0 Å². The Morgan fingerprint density at radius 1 is 1.43 bits per heavy atom. The summed E-state index contributed by atoms with van der Waals surface area (Å²) in [7, 11) is 0. The molecular formula is C11H12F2N6OS. The number of anilines is 1. The minimum atomic E-state index is -0.706. The predicted octanol–water partition coefficient (Wildman–Crippen LogP) is 0.641. The van der Waals surface area contributed by atoms with Gasteiger partial charge in [0.1, 0.15) is 11.6 Å². The number of nitrogens with two attached hydrogens (primary N) is 1. The van der Waals surface area contributed by atoms with E-state index in [9.17, 15) is 13.6 Å². The van der Waals surface area contributed by atoms with Gasteiger partial charge in [0.2, 0.25) is 11.1 Å². The molecule has 0 saturated heterocycles. The van der Waals surface area contributed by atoms with Crippen molar-refractivity contribution < 1.29 is 13.6 Å². The Balaban J connectivity index is 1.93. The lowest BCUT2D eigenvalue weighted by Crippen LogP contribution is -2.16. The Kier molecular flexibility index (Phi) is 5.17. The Morgan fingerprint density at radius 2 is 2.24 bits per heavy atom. The van der Waals surface area contributed by atoms with E-state index in [1.165, 1.54) is 4.68 Å². The summed E-state index contributed by atoms with van der Waals surface area (Å²) in [4.78, 5) is 11.7. The van der Waals surface area contributed by atoms with Crippen molar-refractivity contribution >= 4 is 23.4 Å². The Labute approximate surface area is 122 Å². The van der Waals surface area contributed by atoms with Gasteiger partial charge in [0.15, 0.2) is 0 Å². The minimum Gasteiger partial charge on any atom is -0.329 e. The molecule has 1 amide bonds. The maximum absolute atomic E-state index is 13.4. The molecule has 1 aromatic carbocycles. The molecule has 0 fully saturated rings. The lowest BCUT2D eigenvalue weighted by Gasteiger charge is -2.06. The van der Waals surface area contributed by atoms with E-state index in [4.69, 9.17) is 5.73 Å². The highest BCUT2D eigenvalue weighted by Crippen LogP contribution is 2.17. The van der Waals surface area contributed by atoms with Crippen LogP contribution >= 0.6 is 11.8 Å². The molecule has 0 aliphatic rings. The standard InChI is InChI=1S/C11H12F2N6OS/c12-7-1-2-8(13)9(5-7)15-10(20)6-21-11-16-17-18-19(11)4-3-14/h1-2,5H,3-4,6,14H2,(H,15,20). The second kappa shape index (κ2) is 7.09. The Hall–Kier alpha value is -2.07. The third-order valence-electron chi connectivity index (χ3n) is 2.37. The van der Waals surface area contributed by atoms with Crippen LogP contribution in [0.1, 0.15) is 0 Å². The quantitative estimate of drug-likeness (QED) is 0.759. The van der Waals surface area contributed by atoms with Crippen LogP contribution in [0.2, 0.25) is 0 Å². The molecule has 112 valence electrons. The minimum absolute atomic E-state index is 0.0408. The number of hydrogen-bond donors (Lipinski definition) is 2. The van der Waals surface area contributed by atoms with Crippen molar-refractivity contribution in [1.29, 1.82) is 0 Å². The molecule has 0 radical (unpaired) electrons. The lowest BCUT2D eigenvalue weighted by molar-refractivity contribution is -0.113. The van der Waals surface area contributed by atoms with Crippen LogP contribution in [0.25, 0.3) is 0 Å². The fourth-order valence-electron chi connectivity index (χ4n) is 1.47. The van der Waals surface area contributed by atoms with Crippen molar-refractivity contribution in [3.63, 3.8) is 0 Å². The molecule has 0 bridgehead atoms. The Bertz CT molecular complexity index is 635. The summed E-state index contributed by atoms with van der Waals surface area (Å²) in [5.74, 6) is -1.87. The summed E-state index contributed by atoms with van der Waals surface area (Å²) < 4.78 is 27.8. The molecule has 0 aliphatic heterocycles. The van der Waals surface area contributed by atoms with Gasteiger partial charge in [-0.15, -0.1) is 5.10 Å². The number of benzene rings is 1. The van der Waals surface area contributed by atoms with Gasteiger partial charge in [-0.2, -0.15) is 0 Å². The van der Waals surface area contributed by atoms with Crippen molar-refractivity contribution in [2.45, 2.75) is 11.7 Å². The molecule has 0 saturated carbocycles. The molecule has 2 aromatic rings. The number of nitrogens with zero attached hydrogens (tertiary/aromatic N) is 4. The molecule has 10 heteroatoms. The van der Waals surface area contributed by atoms with E-state index in [1.807, 2.05) is 0 Å². The molecule has 0 unspecified atom stereocenters. The Morgan fingerprint density at radius 3 is 3.00 bits per heavy atom. The summed E-state index contributed by atoms with van der Waals surface area (Å²) in [6.07, 6.45) is 0. The summed E-state index contributed by atoms with van der Waals surface area (Å²) in [5.41, 5.74) is 5.19. The van der Waals surface area contributed by atoms with E-state index < -0.39 is 17.5 Å². The van der Waals surface area contributed by atoms with Crippen LogP contribution in [-0.2, 0) is 11.3 Å². The van der Waals surface area contributed by atoms with Crippen LogP contribution in [0.4, 0.5) is 14.5 Å². The zero-order valence-corrected chi connectivity index (χ0v) is 11.6. The molecule has 2 rings (SSSR count). The summed E-state index contributed by atoms with van der Waals surface area (Å²) in [6.45, 7) is 0.786. The number of rotatable bonds is 6. The van der Waals surface area contributed by atoms with Gasteiger partial charge in [0.25, 0.3) is 0 Å². The van der Waals surface area contributed by atoms with Gasteiger partial charge in [0, 0.05) is 12.6 Å². The average Bonchev–Trinajstić information content (AvgIpc) is 2.88. The highest BCUT2D eigenvalue weighted by Gasteiger charge is 2.12. The van der Waals surface area contributed by atoms with Crippen LogP contribution in [0.5, 0.6) is 0 Å². The zero-order valence-electron chi connectivity index (χ0n) is 10.8. The third-order valence-corrected chi connectivity index (χ3v) is 3.33. The number of tetrazole rings is 1. The number of nitrogens with one attached hydrogen (secondary N) is 1. The van der Waals surface area contributed by atoms with Crippen LogP contribution < -0.4 is 11.1 Å². The van der Waals surface area contributed by atoms with E-state index in [-0.39, 0.29) is 11.4 Å². The first-order valence-electron chi connectivity index (χ1n) is 5.94. The fourth-order valence-corrected chi connectivity index (χ4v) is 2.18. The number of amides is 1. The SMILES string of the molecule is NCCn1nnnc1SCC(=O)Nc1cc(F)ccc1F. The van der Waals surface area contributed by atoms with E-state index in [0.717, 1.165) is 30.0 Å². The number of hydrogen-bond acceptors (Lipinski definition) is 6. The monoisotopic (exact) mass is 314 g/mol. The van der Waals surface area contributed by atoms with E-state index in [2.05, 4.69) is 20.8 Å². The first kappa shape index (κ1) is 15.3. The maximum Gasteiger partial charge on any atom is 0.234 e. The van der Waals surface area contributed by atoms with Crippen LogP contribution in [0, 0.1) is 11.6 Å². The maximum atomic E-state index is 13.4. The first-order chi connectivity index (χ1) is 10.1. The van der Waals surface area contributed by atoms with Gasteiger partial charge in [-0.05, 0) is 22.6 Å².